The Kier molecular flexibility index (Phi) is 6.11. The van der Waals surface area contributed by atoms with Gasteiger partial charge in [0, 0.05) is 25.7 Å². The zero-order valence-corrected chi connectivity index (χ0v) is 15.7. The number of aromatic hydroxyl groups is 1. The van der Waals surface area contributed by atoms with Crippen molar-refractivity contribution in [1.29, 1.82) is 0 Å². The Morgan fingerprint density at radius 2 is 1.89 bits per heavy atom. The van der Waals surface area contributed by atoms with Crippen molar-refractivity contribution >= 4 is 17.9 Å². The minimum absolute atomic E-state index is 0.0595. The molecule has 2 aromatic carbocycles. The molecule has 2 amide bonds. The van der Waals surface area contributed by atoms with Gasteiger partial charge in [-0.05, 0) is 53.7 Å². The zero-order chi connectivity index (χ0) is 20.1. The number of amides is 2. The Morgan fingerprint density at radius 3 is 2.54 bits per heavy atom. The van der Waals surface area contributed by atoms with Crippen LogP contribution >= 0.6 is 0 Å². The molecule has 0 spiro atoms. The number of nitrogens with zero attached hydrogens (tertiary/aromatic N) is 1. The topological polar surface area (TPSA) is 110 Å². The van der Waals surface area contributed by atoms with Gasteiger partial charge in [0.15, 0.2) is 0 Å². The number of hydrogen-bond donors (Lipinski definition) is 3. The van der Waals surface area contributed by atoms with Crippen LogP contribution < -0.4 is 11.5 Å². The predicted octanol–water partition coefficient (Wildman–Crippen LogP) is 2.37. The van der Waals surface area contributed by atoms with Crippen LogP contribution in [-0.2, 0) is 11.3 Å². The van der Waals surface area contributed by atoms with Gasteiger partial charge in [-0.3, -0.25) is 9.59 Å². The number of primary amides is 1. The molecule has 1 aliphatic heterocycles. The van der Waals surface area contributed by atoms with Gasteiger partial charge in [0.25, 0.3) is 5.91 Å². The van der Waals surface area contributed by atoms with Crippen molar-refractivity contribution in [2.45, 2.75) is 25.3 Å². The highest BCUT2D eigenvalue weighted by molar-refractivity contribution is 5.96. The average molecular weight is 379 g/mol. The van der Waals surface area contributed by atoms with Crippen molar-refractivity contribution in [3.05, 3.63) is 70.8 Å². The van der Waals surface area contributed by atoms with Gasteiger partial charge < -0.3 is 21.5 Å². The largest absolute Gasteiger partial charge is 0.507 e. The molecule has 6 nitrogen and oxygen atoms in total. The lowest BCUT2D eigenvalue weighted by Gasteiger charge is -2.31. The van der Waals surface area contributed by atoms with Crippen molar-refractivity contribution in [3.63, 3.8) is 0 Å². The monoisotopic (exact) mass is 379 g/mol. The first kappa shape index (κ1) is 19.6. The lowest BCUT2D eigenvalue weighted by Crippen LogP contribution is -2.36. The number of likely N-dealkylation sites (tertiary alicyclic amines) is 1. The Hall–Kier alpha value is -3.12. The minimum atomic E-state index is -0.691. The standard InChI is InChI=1S/C22H25N3O3/c23-14-16-2-1-3-18(12-16)17-8-10-25(11-9-17)21(27)7-5-15-4-6-19(22(24)28)20(26)13-15/h1-7,12-13,17,26H,8-11,14,23H2,(H2,24,28)/b7-5+. The Bertz CT molecular complexity index is 900. The van der Waals surface area contributed by atoms with Gasteiger partial charge in [-0.25, -0.2) is 0 Å². The second kappa shape index (κ2) is 8.71. The van der Waals surface area contributed by atoms with Crippen molar-refractivity contribution in [2.24, 2.45) is 11.5 Å². The molecule has 2 aromatic rings. The second-order valence-electron chi connectivity index (χ2n) is 7.02. The summed E-state index contributed by atoms with van der Waals surface area (Å²) in [6.45, 7) is 1.94. The van der Waals surface area contributed by atoms with E-state index < -0.39 is 5.91 Å². The highest BCUT2D eigenvalue weighted by atomic mass is 16.3. The molecule has 0 saturated carbocycles. The summed E-state index contributed by atoms with van der Waals surface area (Å²) in [4.78, 5) is 25.4. The fourth-order valence-corrected chi connectivity index (χ4v) is 3.54. The van der Waals surface area contributed by atoms with E-state index in [2.05, 4.69) is 12.1 Å². The predicted molar refractivity (Wildman–Crippen MR) is 109 cm³/mol. The molecule has 0 unspecified atom stereocenters. The number of carbonyl (C=O) groups is 2. The molecule has 0 aromatic heterocycles. The molecule has 0 radical (unpaired) electrons. The van der Waals surface area contributed by atoms with E-state index >= 15 is 0 Å². The summed E-state index contributed by atoms with van der Waals surface area (Å²) in [6, 6.07) is 12.9. The smallest absolute Gasteiger partial charge is 0.252 e. The minimum Gasteiger partial charge on any atom is -0.507 e. The number of nitrogens with two attached hydrogens (primary N) is 2. The van der Waals surface area contributed by atoms with Gasteiger partial charge in [0.05, 0.1) is 5.56 Å². The highest BCUT2D eigenvalue weighted by Gasteiger charge is 2.22. The van der Waals surface area contributed by atoms with Gasteiger partial charge in [0.1, 0.15) is 5.75 Å². The van der Waals surface area contributed by atoms with Crippen LogP contribution in [0.5, 0.6) is 5.75 Å². The molecule has 3 rings (SSSR count). The number of benzene rings is 2. The van der Waals surface area contributed by atoms with Crippen LogP contribution in [0.4, 0.5) is 0 Å². The van der Waals surface area contributed by atoms with Crippen LogP contribution in [0.25, 0.3) is 6.08 Å². The third-order valence-corrected chi connectivity index (χ3v) is 5.17. The molecule has 1 aliphatic rings. The second-order valence-corrected chi connectivity index (χ2v) is 7.02. The molecular formula is C22H25N3O3. The molecule has 0 atom stereocenters. The van der Waals surface area contributed by atoms with Crippen LogP contribution in [0.3, 0.4) is 0 Å². The lowest BCUT2D eigenvalue weighted by atomic mass is 9.88. The molecule has 146 valence electrons. The average Bonchev–Trinajstić information content (AvgIpc) is 2.72. The van der Waals surface area contributed by atoms with Gasteiger partial charge in [0.2, 0.25) is 5.91 Å². The Labute approximate surface area is 164 Å². The number of phenols is 1. The maximum atomic E-state index is 12.5. The number of piperidine rings is 1. The quantitative estimate of drug-likeness (QED) is 0.693. The van der Waals surface area contributed by atoms with E-state index in [9.17, 15) is 14.7 Å². The first-order valence-electron chi connectivity index (χ1n) is 9.36. The van der Waals surface area contributed by atoms with Gasteiger partial charge in [-0.1, -0.05) is 30.3 Å². The third-order valence-electron chi connectivity index (χ3n) is 5.17. The van der Waals surface area contributed by atoms with Crippen molar-refractivity contribution < 1.29 is 14.7 Å². The summed E-state index contributed by atoms with van der Waals surface area (Å²) in [6.07, 6.45) is 4.96. The Morgan fingerprint density at radius 1 is 1.14 bits per heavy atom. The van der Waals surface area contributed by atoms with E-state index in [0.29, 0.717) is 31.1 Å². The summed E-state index contributed by atoms with van der Waals surface area (Å²) < 4.78 is 0. The lowest BCUT2D eigenvalue weighted by molar-refractivity contribution is -0.126. The summed E-state index contributed by atoms with van der Waals surface area (Å²) >= 11 is 0. The first-order chi connectivity index (χ1) is 13.5. The van der Waals surface area contributed by atoms with Crippen molar-refractivity contribution in [3.8, 4) is 5.75 Å². The highest BCUT2D eigenvalue weighted by Crippen LogP contribution is 2.28. The van der Waals surface area contributed by atoms with Crippen molar-refractivity contribution in [2.75, 3.05) is 13.1 Å². The molecule has 1 saturated heterocycles. The molecule has 1 fully saturated rings. The third kappa shape index (κ3) is 4.58. The van der Waals surface area contributed by atoms with Crippen LogP contribution in [0, 0.1) is 0 Å². The molecule has 5 N–H and O–H groups in total. The summed E-state index contributed by atoms with van der Waals surface area (Å²) in [5.74, 6) is -0.503. The summed E-state index contributed by atoms with van der Waals surface area (Å²) in [7, 11) is 0. The zero-order valence-electron chi connectivity index (χ0n) is 15.7. The van der Waals surface area contributed by atoms with E-state index in [0.717, 1.165) is 18.4 Å². The Balaban J connectivity index is 1.58. The van der Waals surface area contributed by atoms with E-state index in [1.807, 2.05) is 17.0 Å². The van der Waals surface area contributed by atoms with Crippen LogP contribution in [0.1, 0.15) is 45.8 Å². The molecule has 28 heavy (non-hydrogen) atoms. The van der Waals surface area contributed by atoms with Crippen LogP contribution in [0.15, 0.2) is 48.5 Å². The van der Waals surface area contributed by atoms with Gasteiger partial charge in [-0.2, -0.15) is 0 Å². The van der Waals surface area contributed by atoms with Gasteiger partial charge >= 0.3 is 0 Å². The number of rotatable bonds is 5. The van der Waals surface area contributed by atoms with E-state index in [1.54, 1.807) is 12.1 Å². The molecule has 0 bridgehead atoms. The number of carbonyl (C=O) groups excluding carboxylic acids is 2. The number of hydrogen-bond acceptors (Lipinski definition) is 4. The molecular weight excluding hydrogens is 354 g/mol. The fraction of sp³-hybridized carbons (Fsp3) is 0.273. The summed E-state index contributed by atoms with van der Waals surface area (Å²) in [5, 5.41) is 9.81. The normalized spacial score (nSPS) is 15.1. The van der Waals surface area contributed by atoms with E-state index in [1.165, 1.54) is 23.8 Å². The SMILES string of the molecule is NCc1cccc(C2CCN(C(=O)/C=C/c3ccc(C(N)=O)c(O)c3)CC2)c1. The van der Waals surface area contributed by atoms with E-state index in [-0.39, 0.29) is 17.2 Å². The molecule has 0 aliphatic carbocycles. The van der Waals surface area contributed by atoms with Gasteiger partial charge in [-0.15, -0.1) is 0 Å². The van der Waals surface area contributed by atoms with Crippen LogP contribution in [-0.4, -0.2) is 34.9 Å². The maximum Gasteiger partial charge on any atom is 0.252 e. The van der Waals surface area contributed by atoms with E-state index in [4.69, 9.17) is 11.5 Å². The fourth-order valence-electron chi connectivity index (χ4n) is 3.54. The van der Waals surface area contributed by atoms with Crippen LogP contribution in [0.2, 0.25) is 0 Å². The van der Waals surface area contributed by atoms with Crippen molar-refractivity contribution in [1.82, 2.24) is 4.90 Å². The maximum absolute atomic E-state index is 12.5. The summed E-state index contributed by atoms with van der Waals surface area (Å²) in [5.41, 5.74) is 14.0. The molecule has 6 heteroatoms. The molecule has 1 heterocycles. The first-order valence-corrected chi connectivity index (χ1v) is 9.36.